The summed E-state index contributed by atoms with van der Waals surface area (Å²) in [7, 11) is 2.63. The Kier molecular flexibility index (Phi) is 8.99. The van der Waals surface area contributed by atoms with Crippen molar-refractivity contribution in [2.45, 2.75) is 71.6 Å². The second-order valence-corrected chi connectivity index (χ2v) is 11.9. The van der Waals surface area contributed by atoms with Gasteiger partial charge in [0.2, 0.25) is 0 Å². The van der Waals surface area contributed by atoms with Crippen LogP contribution in [0.5, 0.6) is 0 Å². The van der Waals surface area contributed by atoms with Crippen molar-refractivity contribution in [1.29, 1.82) is 0 Å². The first-order chi connectivity index (χ1) is 21.5. The third-order valence-corrected chi connectivity index (χ3v) is 9.63. The molecule has 0 amide bonds. The predicted molar refractivity (Wildman–Crippen MR) is 173 cm³/mol. The first kappa shape index (κ1) is 33.1. The summed E-state index contributed by atoms with van der Waals surface area (Å²) < 4.78 is 10.1. The minimum atomic E-state index is -1.20. The number of nitrogens with zero attached hydrogens (tertiary/aromatic N) is 4. The van der Waals surface area contributed by atoms with E-state index in [9.17, 15) is 14.4 Å². The zero-order valence-corrected chi connectivity index (χ0v) is 28.2. The van der Waals surface area contributed by atoms with E-state index in [-0.39, 0.29) is 47.1 Å². The number of esters is 2. The summed E-state index contributed by atoms with van der Waals surface area (Å²) in [6.45, 7) is 14.1. The molecule has 0 saturated carbocycles. The summed E-state index contributed by atoms with van der Waals surface area (Å²) in [6.07, 6.45) is 3.13. The summed E-state index contributed by atoms with van der Waals surface area (Å²) in [6, 6.07) is 5.87. The van der Waals surface area contributed by atoms with Crippen molar-refractivity contribution in [3.63, 3.8) is 0 Å². The monoisotopic (exact) mass is 660 g/mol. The fourth-order valence-electron chi connectivity index (χ4n) is 7.02. The van der Waals surface area contributed by atoms with Crippen LogP contribution in [0.3, 0.4) is 0 Å². The smallest absolute Gasteiger partial charge is 0.657 e. The number of rotatable bonds is 6. The van der Waals surface area contributed by atoms with Crippen molar-refractivity contribution in [3.8, 4) is 0 Å². The van der Waals surface area contributed by atoms with Crippen molar-refractivity contribution >= 4 is 57.0 Å². The van der Waals surface area contributed by atoms with Gasteiger partial charge in [-0.15, -0.1) is 22.1 Å². The van der Waals surface area contributed by atoms with Gasteiger partial charge in [0.25, 0.3) is 0 Å². The summed E-state index contributed by atoms with van der Waals surface area (Å²) in [4.78, 5) is 59.7. The number of fused-ring (bicyclic) bond motifs is 8. The number of Topliss-reactive ketones (excluding diaryl/α,β-unsaturated/α-hetero) is 1. The molecule has 0 radical (unpaired) electrons. The molecule has 10 heteroatoms. The van der Waals surface area contributed by atoms with Gasteiger partial charge in [-0.05, 0) is 55.9 Å². The van der Waals surface area contributed by atoms with Crippen LogP contribution in [0.25, 0.3) is 39.3 Å². The molecule has 0 aromatic carbocycles. The Bertz CT molecular complexity index is 2020. The molecule has 2 aliphatic heterocycles. The zero-order valence-electron chi connectivity index (χ0n) is 27.1. The molecule has 1 aliphatic carbocycles. The summed E-state index contributed by atoms with van der Waals surface area (Å²) in [5, 5.41) is 0. The Balaban J connectivity index is 0.00000417. The van der Waals surface area contributed by atoms with Crippen molar-refractivity contribution < 1.29 is 40.9 Å². The predicted octanol–water partition coefficient (Wildman–Crippen LogP) is 6.46. The van der Waals surface area contributed by atoms with Gasteiger partial charge in [-0.1, -0.05) is 55.8 Å². The van der Waals surface area contributed by atoms with E-state index < -0.39 is 11.9 Å². The molecule has 238 valence electrons. The SMILES string of the molecule is C=Cc1c(C)c2cc3nc(c4c5[n-]c(cc6nc(cc1[n-]2)C(C)=C6CC)c(C)c5C(=O)C4C(=O)OC)C(CCC(=O)OC)C3C.[Fe+2]. The van der Waals surface area contributed by atoms with E-state index in [0.29, 0.717) is 39.8 Å². The quantitative estimate of drug-likeness (QED) is 0.166. The van der Waals surface area contributed by atoms with Gasteiger partial charge in [0, 0.05) is 35.2 Å². The average molecular weight is 661 g/mol. The minimum absolute atomic E-state index is 0. The topological polar surface area (TPSA) is 124 Å². The van der Waals surface area contributed by atoms with Gasteiger partial charge < -0.3 is 19.4 Å². The molecule has 8 bridgehead atoms. The van der Waals surface area contributed by atoms with Crippen molar-refractivity contribution in [3.05, 3.63) is 75.4 Å². The van der Waals surface area contributed by atoms with Crippen LogP contribution in [0.2, 0.25) is 0 Å². The molecular formula is C36H36FeN4O5. The van der Waals surface area contributed by atoms with Gasteiger partial charge in [0.15, 0.2) is 5.78 Å². The number of hydrogen-bond acceptors (Lipinski definition) is 7. The second-order valence-electron chi connectivity index (χ2n) is 11.9. The third-order valence-electron chi connectivity index (χ3n) is 9.63. The number of carbonyl (C=O) groups is 3. The molecule has 0 N–H and O–H groups in total. The maximum atomic E-state index is 14.0. The van der Waals surface area contributed by atoms with Gasteiger partial charge in [-0.25, -0.2) is 4.98 Å². The number of aryl methyl sites for hydroxylation is 2. The summed E-state index contributed by atoms with van der Waals surface area (Å²) in [5.41, 5.74) is 11.0. The largest absolute Gasteiger partial charge is 2.00 e. The van der Waals surface area contributed by atoms with Crippen LogP contribution in [-0.4, -0.2) is 41.9 Å². The Morgan fingerprint density at radius 1 is 0.978 bits per heavy atom. The fraction of sp³-hybridized carbons (Fsp3) is 0.361. The molecule has 3 aliphatic rings. The molecule has 3 unspecified atom stereocenters. The number of ketones is 1. The van der Waals surface area contributed by atoms with Crippen molar-refractivity contribution in [1.82, 2.24) is 19.9 Å². The first-order valence-electron chi connectivity index (χ1n) is 15.2. The van der Waals surface area contributed by atoms with E-state index in [2.05, 4.69) is 20.4 Å². The van der Waals surface area contributed by atoms with Crippen LogP contribution >= 0.6 is 0 Å². The number of carbonyl (C=O) groups excluding carboxylic acids is 3. The van der Waals surface area contributed by atoms with Gasteiger partial charge in [-0.2, -0.15) is 0 Å². The molecular weight excluding hydrogens is 624 g/mol. The molecule has 3 aromatic rings. The van der Waals surface area contributed by atoms with Gasteiger partial charge >= 0.3 is 29.0 Å². The molecule has 0 fully saturated rings. The van der Waals surface area contributed by atoms with Crippen molar-refractivity contribution in [2.24, 2.45) is 0 Å². The van der Waals surface area contributed by atoms with Crippen LogP contribution in [0.1, 0.15) is 113 Å². The van der Waals surface area contributed by atoms with Crippen LogP contribution < -0.4 is 9.97 Å². The Morgan fingerprint density at radius 3 is 2.33 bits per heavy atom. The van der Waals surface area contributed by atoms with Crippen LogP contribution in [0, 0.1) is 13.8 Å². The van der Waals surface area contributed by atoms with E-state index in [1.165, 1.54) is 14.2 Å². The molecule has 0 spiro atoms. The maximum Gasteiger partial charge on any atom is 2.00 e. The number of hydrogen-bond donors (Lipinski definition) is 0. The van der Waals surface area contributed by atoms with E-state index >= 15 is 0 Å². The standard InChI is InChI=1S/C36H37N4O5.Fe/c1-9-20-16(3)23-13-25-18(5)22(11-12-29(41)44-7)33(39-25)31-32(36(43)45-8)35(42)30-19(6)26(40-34(30)31)15-28-21(10-2)17(4)24(38-28)14-27(20)37-23;/h9,13-15,18,22,32H,1,10-12H2,2-8H3,(H-,37,38,39,40,42);/q-1;+2/p-1. The molecule has 0 saturated heterocycles. The number of ether oxygens (including phenoxy) is 2. The van der Waals surface area contributed by atoms with Gasteiger partial charge in [-0.3, -0.25) is 19.4 Å². The van der Waals surface area contributed by atoms with Crippen LogP contribution in [-0.2, 0) is 36.1 Å². The molecule has 3 aromatic heterocycles. The van der Waals surface area contributed by atoms with E-state index in [1.54, 1.807) is 0 Å². The van der Waals surface area contributed by atoms with Crippen LogP contribution in [0.4, 0.5) is 0 Å². The van der Waals surface area contributed by atoms with Crippen molar-refractivity contribution in [2.75, 3.05) is 14.2 Å². The van der Waals surface area contributed by atoms with E-state index in [1.807, 2.05) is 45.0 Å². The normalized spacial score (nSPS) is 18.4. The summed E-state index contributed by atoms with van der Waals surface area (Å²) >= 11 is 0. The fourth-order valence-corrected chi connectivity index (χ4v) is 7.02. The molecule has 9 nitrogen and oxygen atoms in total. The number of methoxy groups -OCH3 is 2. The van der Waals surface area contributed by atoms with Gasteiger partial charge in [0.05, 0.1) is 25.6 Å². The Morgan fingerprint density at radius 2 is 1.67 bits per heavy atom. The van der Waals surface area contributed by atoms with Gasteiger partial charge in [0.1, 0.15) is 5.92 Å². The zero-order chi connectivity index (χ0) is 32.3. The Labute approximate surface area is 278 Å². The number of aromatic nitrogens is 4. The third kappa shape index (κ3) is 5.04. The molecule has 6 rings (SSSR count). The summed E-state index contributed by atoms with van der Waals surface area (Å²) in [5.74, 6) is -3.01. The Hall–Kier alpha value is -4.27. The molecule has 3 atom stereocenters. The first-order valence-corrected chi connectivity index (χ1v) is 15.2. The average Bonchev–Trinajstić information content (AvgIpc) is 3.76. The van der Waals surface area contributed by atoms with Crippen LogP contribution in [0.15, 0.2) is 24.8 Å². The maximum absolute atomic E-state index is 14.0. The van der Waals surface area contributed by atoms with E-state index in [0.717, 1.165) is 56.8 Å². The minimum Gasteiger partial charge on any atom is -0.657 e. The number of allylic oxidation sites excluding steroid dienone is 2. The second kappa shape index (κ2) is 12.5. The molecule has 5 heterocycles. The molecule has 46 heavy (non-hydrogen) atoms. The van der Waals surface area contributed by atoms with E-state index in [4.69, 9.17) is 29.4 Å².